The average Bonchev–Trinajstić information content (AvgIpc) is 2.99. The second-order valence-electron chi connectivity index (χ2n) is 5.96. The molecule has 4 rings (SSSR count). The first kappa shape index (κ1) is 14.5. The van der Waals surface area contributed by atoms with Crippen LogP contribution in [0.25, 0.3) is 21.8 Å². The number of nitrogens with one attached hydrogen (secondary N) is 2. The first-order valence-electron chi connectivity index (χ1n) is 7.94. The maximum absolute atomic E-state index is 4.68. The fourth-order valence-electron chi connectivity index (χ4n) is 2.99. The summed E-state index contributed by atoms with van der Waals surface area (Å²) < 4.78 is 0. The minimum absolute atomic E-state index is 0.755. The van der Waals surface area contributed by atoms with Crippen molar-refractivity contribution in [3.8, 4) is 0 Å². The first-order chi connectivity index (χ1) is 11.7. The molecule has 0 radical (unpaired) electrons. The van der Waals surface area contributed by atoms with Crippen molar-refractivity contribution >= 4 is 33.8 Å². The summed E-state index contributed by atoms with van der Waals surface area (Å²) in [6.45, 7) is 4.17. The van der Waals surface area contributed by atoms with Gasteiger partial charge in [-0.3, -0.25) is 5.43 Å². The monoisotopic (exact) mass is 314 g/mol. The van der Waals surface area contributed by atoms with Crippen molar-refractivity contribution in [2.45, 2.75) is 13.8 Å². The summed E-state index contributed by atoms with van der Waals surface area (Å²) >= 11 is 0. The van der Waals surface area contributed by atoms with E-state index in [2.05, 4.69) is 64.7 Å². The lowest BCUT2D eigenvalue weighted by Crippen LogP contribution is -1.96. The van der Waals surface area contributed by atoms with E-state index in [0.717, 1.165) is 27.8 Å². The second kappa shape index (κ2) is 5.81. The summed E-state index contributed by atoms with van der Waals surface area (Å²) in [4.78, 5) is 7.93. The van der Waals surface area contributed by atoms with Crippen LogP contribution in [0.5, 0.6) is 0 Å². The van der Waals surface area contributed by atoms with Crippen LogP contribution in [0, 0.1) is 13.8 Å². The zero-order valence-corrected chi connectivity index (χ0v) is 13.7. The molecule has 0 atom stereocenters. The zero-order chi connectivity index (χ0) is 16.5. The molecule has 2 N–H and O–H groups in total. The molecule has 0 saturated heterocycles. The summed E-state index contributed by atoms with van der Waals surface area (Å²) in [5, 5.41) is 6.69. The van der Waals surface area contributed by atoms with Crippen LogP contribution in [0.2, 0.25) is 0 Å². The largest absolute Gasteiger partial charge is 0.361 e. The van der Waals surface area contributed by atoms with Gasteiger partial charge in [0, 0.05) is 28.0 Å². The molecular formula is C20H18N4. The van der Waals surface area contributed by atoms with Gasteiger partial charge in [-0.05, 0) is 37.1 Å². The number of rotatable bonds is 3. The standard InChI is InChI=1S/C20H18N4/c1-13-6-5-8-16-14(2)10-19(23-20(13)16)24-22-12-15-11-21-18-9-4-3-7-17(15)18/h3-12,21H,1-2H3,(H,23,24)/b22-12-. The molecule has 0 aliphatic heterocycles. The van der Waals surface area contributed by atoms with Gasteiger partial charge in [0.1, 0.15) is 5.82 Å². The van der Waals surface area contributed by atoms with Gasteiger partial charge in [0.05, 0.1) is 11.7 Å². The predicted octanol–water partition coefficient (Wildman–Crippen LogP) is 4.78. The van der Waals surface area contributed by atoms with Crippen molar-refractivity contribution < 1.29 is 0 Å². The van der Waals surface area contributed by atoms with Crippen LogP contribution >= 0.6 is 0 Å². The van der Waals surface area contributed by atoms with Crippen molar-refractivity contribution in [1.29, 1.82) is 0 Å². The number of aromatic amines is 1. The highest BCUT2D eigenvalue weighted by molar-refractivity contribution is 5.99. The number of nitrogens with zero attached hydrogens (tertiary/aromatic N) is 2. The summed E-state index contributed by atoms with van der Waals surface area (Å²) in [7, 11) is 0. The molecule has 0 fully saturated rings. The molecule has 118 valence electrons. The third-order valence-corrected chi connectivity index (χ3v) is 4.25. The maximum atomic E-state index is 4.68. The van der Waals surface area contributed by atoms with Gasteiger partial charge in [0.15, 0.2) is 0 Å². The van der Waals surface area contributed by atoms with E-state index in [1.54, 1.807) is 0 Å². The van der Waals surface area contributed by atoms with Crippen molar-refractivity contribution in [2.75, 3.05) is 5.43 Å². The van der Waals surface area contributed by atoms with Crippen molar-refractivity contribution in [3.05, 3.63) is 71.4 Å². The summed E-state index contributed by atoms with van der Waals surface area (Å²) in [5.41, 5.74) is 8.58. The van der Waals surface area contributed by atoms with Gasteiger partial charge >= 0.3 is 0 Å². The van der Waals surface area contributed by atoms with Crippen molar-refractivity contribution in [3.63, 3.8) is 0 Å². The number of benzene rings is 2. The smallest absolute Gasteiger partial charge is 0.147 e. The summed E-state index contributed by atoms with van der Waals surface area (Å²) in [6.07, 6.45) is 3.77. The number of pyridine rings is 1. The molecule has 0 amide bonds. The Hall–Kier alpha value is -3.14. The van der Waals surface area contributed by atoms with E-state index in [1.165, 1.54) is 16.5 Å². The Balaban J connectivity index is 1.64. The van der Waals surface area contributed by atoms with E-state index in [-0.39, 0.29) is 0 Å². The topological polar surface area (TPSA) is 53.1 Å². The highest BCUT2D eigenvalue weighted by Gasteiger charge is 2.04. The molecular weight excluding hydrogens is 296 g/mol. The first-order valence-corrected chi connectivity index (χ1v) is 7.94. The number of para-hydroxylation sites is 2. The highest BCUT2D eigenvalue weighted by atomic mass is 15.3. The Morgan fingerprint density at radius 2 is 1.83 bits per heavy atom. The molecule has 0 bridgehead atoms. The Labute approximate surface area is 140 Å². The highest BCUT2D eigenvalue weighted by Crippen LogP contribution is 2.23. The van der Waals surface area contributed by atoms with Crippen LogP contribution < -0.4 is 5.43 Å². The fraction of sp³-hybridized carbons (Fsp3) is 0.100. The van der Waals surface area contributed by atoms with Gasteiger partial charge in [-0.1, -0.05) is 36.4 Å². The van der Waals surface area contributed by atoms with E-state index in [9.17, 15) is 0 Å². The third kappa shape index (κ3) is 2.52. The van der Waals surface area contributed by atoms with E-state index in [1.807, 2.05) is 30.6 Å². The Bertz CT molecular complexity index is 1060. The van der Waals surface area contributed by atoms with E-state index >= 15 is 0 Å². The summed E-state index contributed by atoms with van der Waals surface area (Å²) in [5.74, 6) is 0.755. The molecule has 0 saturated carbocycles. The van der Waals surface area contributed by atoms with E-state index < -0.39 is 0 Å². The number of hydrogen-bond acceptors (Lipinski definition) is 3. The summed E-state index contributed by atoms with van der Waals surface area (Å²) in [6, 6.07) is 16.4. The van der Waals surface area contributed by atoms with Gasteiger partial charge in [-0.2, -0.15) is 5.10 Å². The maximum Gasteiger partial charge on any atom is 0.147 e. The molecule has 4 heteroatoms. The van der Waals surface area contributed by atoms with Crippen LogP contribution in [0.15, 0.2) is 59.8 Å². The third-order valence-electron chi connectivity index (χ3n) is 4.25. The molecule has 2 heterocycles. The molecule has 2 aromatic heterocycles. The molecule has 2 aromatic carbocycles. The van der Waals surface area contributed by atoms with Gasteiger partial charge in [-0.15, -0.1) is 0 Å². The molecule has 0 aliphatic rings. The van der Waals surface area contributed by atoms with Gasteiger partial charge in [0.2, 0.25) is 0 Å². The number of aromatic nitrogens is 2. The van der Waals surface area contributed by atoms with Gasteiger partial charge < -0.3 is 4.98 Å². The number of anilines is 1. The van der Waals surface area contributed by atoms with Crippen LogP contribution in [0.1, 0.15) is 16.7 Å². The van der Waals surface area contributed by atoms with Crippen LogP contribution in [-0.2, 0) is 0 Å². The molecule has 4 nitrogen and oxygen atoms in total. The molecule has 0 aliphatic carbocycles. The average molecular weight is 314 g/mol. The van der Waals surface area contributed by atoms with Gasteiger partial charge in [0.25, 0.3) is 0 Å². The molecule has 4 aromatic rings. The predicted molar refractivity (Wildman–Crippen MR) is 101 cm³/mol. The Morgan fingerprint density at radius 3 is 2.75 bits per heavy atom. The lowest BCUT2D eigenvalue weighted by Gasteiger charge is -2.07. The molecule has 0 unspecified atom stereocenters. The number of fused-ring (bicyclic) bond motifs is 2. The quantitative estimate of drug-likeness (QED) is 0.422. The zero-order valence-electron chi connectivity index (χ0n) is 13.7. The lowest BCUT2D eigenvalue weighted by molar-refractivity contribution is 1.24. The lowest BCUT2D eigenvalue weighted by atomic mass is 10.1. The van der Waals surface area contributed by atoms with Gasteiger partial charge in [-0.25, -0.2) is 4.98 Å². The fourth-order valence-corrected chi connectivity index (χ4v) is 2.99. The minimum atomic E-state index is 0.755. The second-order valence-corrected chi connectivity index (χ2v) is 5.96. The van der Waals surface area contributed by atoms with Crippen LogP contribution in [0.3, 0.4) is 0 Å². The minimum Gasteiger partial charge on any atom is -0.361 e. The van der Waals surface area contributed by atoms with Crippen molar-refractivity contribution in [2.24, 2.45) is 5.10 Å². The SMILES string of the molecule is Cc1cc(N/N=C\c2c[nH]c3ccccc23)nc2c(C)cccc12. The van der Waals surface area contributed by atoms with Crippen LogP contribution in [0.4, 0.5) is 5.82 Å². The number of aryl methyl sites for hydroxylation is 2. The number of H-pyrrole nitrogens is 1. The van der Waals surface area contributed by atoms with E-state index in [4.69, 9.17) is 0 Å². The number of hydrazone groups is 1. The van der Waals surface area contributed by atoms with Crippen molar-refractivity contribution in [1.82, 2.24) is 9.97 Å². The molecule has 24 heavy (non-hydrogen) atoms. The Morgan fingerprint density at radius 1 is 1.00 bits per heavy atom. The number of hydrogen-bond donors (Lipinski definition) is 2. The van der Waals surface area contributed by atoms with E-state index in [0.29, 0.717) is 0 Å². The molecule has 0 spiro atoms. The normalized spacial score (nSPS) is 11.6. The van der Waals surface area contributed by atoms with Crippen LogP contribution in [-0.4, -0.2) is 16.2 Å². The Kier molecular flexibility index (Phi) is 3.50.